The largest absolute Gasteiger partial charge is 0.469 e. The third-order valence-corrected chi connectivity index (χ3v) is 5.12. The van der Waals surface area contributed by atoms with E-state index in [4.69, 9.17) is 4.74 Å². The van der Waals surface area contributed by atoms with Gasteiger partial charge in [0.25, 0.3) is 0 Å². The molecule has 1 aromatic rings. The highest BCUT2D eigenvalue weighted by Gasteiger charge is 2.25. The van der Waals surface area contributed by atoms with Crippen molar-refractivity contribution in [1.29, 1.82) is 0 Å². The Labute approximate surface area is 132 Å². The highest BCUT2D eigenvalue weighted by atomic mass is 16.5. The lowest BCUT2D eigenvalue weighted by atomic mass is 9.92. The van der Waals surface area contributed by atoms with Gasteiger partial charge < -0.3 is 15.0 Å². The number of anilines is 1. The number of nitrogens with zero attached hydrogens (tertiary/aromatic N) is 1. The minimum Gasteiger partial charge on any atom is -0.469 e. The second-order valence-corrected chi connectivity index (χ2v) is 6.52. The molecular weight excluding hydrogens is 276 g/mol. The third kappa shape index (κ3) is 3.61. The normalized spacial score (nSPS) is 22.1. The van der Waals surface area contributed by atoms with Crippen molar-refractivity contribution in [2.75, 3.05) is 38.6 Å². The van der Waals surface area contributed by atoms with Gasteiger partial charge >= 0.3 is 5.97 Å². The molecule has 1 aromatic carbocycles. The summed E-state index contributed by atoms with van der Waals surface area (Å²) >= 11 is 0. The molecule has 0 spiro atoms. The quantitative estimate of drug-likeness (QED) is 0.849. The topological polar surface area (TPSA) is 41.6 Å². The van der Waals surface area contributed by atoms with Crippen molar-refractivity contribution < 1.29 is 9.53 Å². The van der Waals surface area contributed by atoms with E-state index in [9.17, 15) is 4.79 Å². The van der Waals surface area contributed by atoms with E-state index in [0.717, 1.165) is 39.0 Å². The van der Waals surface area contributed by atoms with Gasteiger partial charge in [0.05, 0.1) is 7.11 Å². The molecular formula is C18H26N2O2. The first-order valence-electron chi connectivity index (χ1n) is 8.38. The number of methoxy groups -OCH3 is 1. The van der Waals surface area contributed by atoms with E-state index in [1.807, 2.05) is 0 Å². The summed E-state index contributed by atoms with van der Waals surface area (Å²) in [4.78, 5) is 13.9. The fourth-order valence-corrected chi connectivity index (χ4v) is 3.69. The van der Waals surface area contributed by atoms with Crippen LogP contribution in [-0.2, 0) is 9.53 Å². The summed E-state index contributed by atoms with van der Waals surface area (Å²) in [5.41, 5.74) is 2.78. The number of esters is 1. The van der Waals surface area contributed by atoms with Crippen LogP contribution >= 0.6 is 0 Å². The maximum Gasteiger partial charge on any atom is 0.305 e. The van der Waals surface area contributed by atoms with Crippen LogP contribution in [0.15, 0.2) is 24.3 Å². The fourth-order valence-electron chi connectivity index (χ4n) is 3.69. The minimum absolute atomic E-state index is 0.0629. The van der Waals surface area contributed by atoms with Crippen LogP contribution in [0.5, 0.6) is 0 Å². The van der Waals surface area contributed by atoms with Crippen molar-refractivity contribution in [2.45, 2.75) is 31.6 Å². The van der Waals surface area contributed by atoms with Gasteiger partial charge in [-0.15, -0.1) is 0 Å². The number of piperidine rings is 1. The lowest BCUT2D eigenvalue weighted by Crippen LogP contribution is -2.35. The summed E-state index contributed by atoms with van der Waals surface area (Å²) in [6.07, 6.45) is 4.04. The molecule has 0 aliphatic carbocycles. The van der Waals surface area contributed by atoms with Gasteiger partial charge in [0.1, 0.15) is 0 Å². The monoisotopic (exact) mass is 302 g/mol. The molecule has 0 radical (unpaired) electrons. The summed E-state index contributed by atoms with van der Waals surface area (Å²) < 4.78 is 4.77. The lowest BCUT2D eigenvalue weighted by molar-refractivity contribution is -0.142. The van der Waals surface area contributed by atoms with Crippen molar-refractivity contribution in [2.24, 2.45) is 5.92 Å². The fraction of sp³-hybridized carbons (Fsp3) is 0.611. The molecule has 3 rings (SSSR count). The predicted molar refractivity (Wildman–Crippen MR) is 88.1 cm³/mol. The average molecular weight is 302 g/mol. The molecule has 120 valence electrons. The van der Waals surface area contributed by atoms with Gasteiger partial charge in [0.15, 0.2) is 0 Å². The molecule has 1 atom stereocenters. The molecule has 1 fully saturated rings. The van der Waals surface area contributed by atoms with Crippen molar-refractivity contribution in [3.63, 3.8) is 0 Å². The number of benzene rings is 1. The number of nitrogens with one attached hydrogen (secondary N) is 1. The number of hydrogen-bond acceptors (Lipinski definition) is 4. The number of carbonyl (C=O) groups is 1. The van der Waals surface area contributed by atoms with Gasteiger partial charge in [0, 0.05) is 24.6 Å². The lowest BCUT2D eigenvalue weighted by Gasteiger charge is -2.32. The van der Waals surface area contributed by atoms with Gasteiger partial charge in [-0.3, -0.25) is 4.79 Å². The second kappa shape index (κ2) is 7.14. The number of hydrogen-bond donors (Lipinski definition) is 1. The van der Waals surface area contributed by atoms with E-state index in [1.165, 1.54) is 24.8 Å². The van der Waals surface area contributed by atoms with Crippen LogP contribution < -0.4 is 5.32 Å². The Hall–Kier alpha value is -1.55. The van der Waals surface area contributed by atoms with E-state index in [2.05, 4.69) is 34.5 Å². The average Bonchev–Trinajstić information content (AvgIpc) is 2.97. The van der Waals surface area contributed by atoms with Crippen LogP contribution in [0.4, 0.5) is 5.69 Å². The van der Waals surface area contributed by atoms with Crippen molar-refractivity contribution in [1.82, 2.24) is 4.90 Å². The molecule has 22 heavy (non-hydrogen) atoms. The summed E-state index contributed by atoms with van der Waals surface area (Å²) in [7, 11) is 1.48. The SMILES string of the molecule is COC(=O)CC1CCN(CCC2CNc3ccccc32)CC1. The van der Waals surface area contributed by atoms with Crippen molar-refractivity contribution >= 4 is 11.7 Å². The number of likely N-dealkylation sites (tertiary alicyclic amines) is 1. The van der Waals surface area contributed by atoms with E-state index in [-0.39, 0.29) is 5.97 Å². The Kier molecular flexibility index (Phi) is 4.98. The molecule has 4 heteroatoms. The zero-order valence-electron chi connectivity index (χ0n) is 13.4. The standard InChI is InChI=1S/C18H26N2O2/c1-22-18(21)12-14-6-9-20(10-7-14)11-8-15-13-19-17-5-3-2-4-16(15)17/h2-5,14-15,19H,6-13H2,1H3. The van der Waals surface area contributed by atoms with Gasteiger partial charge in [-0.1, -0.05) is 18.2 Å². The van der Waals surface area contributed by atoms with Crippen LogP contribution in [0.2, 0.25) is 0 Å². The summed E-state index contributed by atoms with van der Waals surface area (Å²) in [5, 5.41) is 3.50. The van der Waals surface area contributed by atoms with Crippen LogP contribution in [0.1, 0.15) is 37.2 Å². The molecule has 1 unspecified atom stereocenters. The van der Waals surface area contributed by atoms with E-state index >= 15 is 0 Å². The molecule has 4 nitrogen and oxygen atoms in total. The molecule has 1 N–H and O–H groups in total. The van der Waals surface area contributed by atoms with Gasteiger partial charge in [-0.25, -0.2) is 0 Å². The zero-order chi connectivity index (χ0) is 15.4. The van der Waals surface area contributed by atoms with Crippen LogP contribution in [0.25, 0.3) is 0 Å². The summed E-state index contributed by atoms with van der Waals surface area (Å²) in [5.74, 6) is 1.09. The first kappa shape index (κ1) is 15.3. The maximum atomic E-state index is 11.3. The van der Waals surface area contributed by atoms with Crippen molar-refractivity contribution in [3.05, 3.63) is 29.8 Å². The molecule has 0 bridgehead atoms. The molecule has 2 aliphatic rings. The molecule has 2 aliphatic heterocycles. The predicted octanol–water partition coefficient (Wildman–Crippen LogP) is 2.86. The Morgan fingerprint density at radius 2 is 2.09 bits per heavy atom. The zero-order valence-corrected chi connectivity index (χ0v) is 13.4. The van der Waals surface area contributed by atoms with Gasteiger partial charge in [0.2, 0.25) is 0 Å². The van der Waals surface area contributed by atoms with Gasteiger partial charge in [-0.2, -0.15) is 0 Å². The molecule has 0 aromatic heterocycles. The van der Waals surface area contributed by atoms with Gasteiger partial charge in [-0.05, 0) is 56.4 Å². The Bertz CT molecular complexity index is 510. The second-order valence-electron chi connectivity index (χ2n) is 6.52. The molecule has 0 amide bonds. The Morgan fingerprint density at radius 3 is 2.86 bits per heavy atom. The molecule has 2 heterocycles. The summed E-state index contributed by atoms with van der Waals surface area (Å²) in [6.45, 7) is 4.46. The van der Waals surface area contributed by atoms with Crippen molar-refractivity contribution in [3.8, 4) is 0 Å². The first-order valence-corrected chi connectivity index (χ1v) is 8.38. The number of rotatable bonds is 5. The first-order chi connectivity index (χ1) is 10.8. The highest BCUT2D eigenvalue weighted by molar-refractivity contribution is 5.69. The minimum atomic E-state index is -0.0629. The maximum absolute atomic E-state index is 11.3. The highest BCUT2D eigenvalue weighted by Crippen LogP contribution is 2.33. The van der Waals surface area contributed by atoms with E-state index in [1.54, 1.807) is 0 Å². The van der Waals surface area contributed by atoms with Crippen LogP contribution in [0, 0.1) is 5.92 Å². The smallest absolute Gasteiger partial charge is 0.305 e. The number of carbonyl (C=O) groups excluding carboxylic acids is 1. The molecule has 1 saturated heterocycles. The van der Waals surface area contributed by atoms with Crippen LogP contribution in [-0.4, -0.2) is 44.2 Å². The molecule has 0 saturated carbocycles. The van der Waals surface area contributed by atoms with E-state index < -0.39 is 0 Å². The Balaban J connectivity index is 1.42. The summed E-state index contributed by atoms with van der Waals surface area (Å²) in [6, 6.07) is 8.66. The van der Waals surface area contributed by atoms with Crippen LogP contribution in [0.3, 0.4) is 0 Å². The van der Waals surface area contributed by atoms with E-state index in [0.29, 0.717) is 18.3 Å². The third-order valence-electron chi connectivity index (χ3n) is 5.12. The number of para-hydroxylation sites is 1. The number of ether oxygens (including phenoxy) is 1. The Morgan fingerprint density at radius 1 is 1.32 bits per heavy atom. The number of fused-ring (bicyclic) bond motifs is 1.